The second-order valence-corrected chi connectivity index (χ2v) is 8.59. The van der Waals surface area contributed by atoms with E-state index in [-0.39, 0.29) is 10.8 Å². The molecular formula is C21H25N3O3S. The highest BCUT2D eigenvalue weighted by Gasteiger charge is 2.29. The predicted octanol–water partition coefficient (Wildman–Crippen LogP) is 3.54. The smallest absolute Gasteiger partial charge is 0.263 e. The molecule has 148 valence electrons. The lowest BCUT2D eigenvalue weighted by atomic mass is 10.1. The van der Waals surface area contributed by atoms with Gasteiger partial charge in [-0.05, 0) is 56.0 Å². The van der Waals surface area contributed by atoms with Gasteiger partial charge in [0, 0.05) is 24.2 Å². The molecule has 0 radical (unpaired) electrons. The maximum absolute atomic E-state index is 12.1. The van der Waals surface area contributed by atoms with Gasteiger partial charge in [-0.25, -0.2) is 8.42 Å². The van der Waals surface area contributed by atoms with E-state index in [4.69, 9.17) is 0 Å². The lowest BCUT2D eigenvalue weighted by Gasteiger charge is -2.10. The zero-order chi connectivity index (χ0) is 20.1. The molecule has 0 atom stereocenters. The van der Waals surface area contributed by atoms with E-state index in [0.29, 0.717) is 24.4 Å². The molecule has 1 heterocycles. The van der Waals surface area contributed by atoms with Gasteiger partial charge in [-0.15, -0.1) is 0 Å². The standard InChI is InChI=1S/C21H25N3O3S/c1-15-9-8-11-18(16(15)2)23-20(25)13-4-3-7-14-22-21-17-10-5-6-12-19(17)28(26,27)24-21/h5-6,8-12H,3-4,7,13-14H2,1-2H3,(H,22,24)(H,23,25). The molecule has 0 spiro atoms. The first-order chi connectivity index (χ1) is 13.4. The zero-order valence-electron chi connectivity index (χ0n) is 16.2. The van der Waals surface area contributed by atoms with Gasteiger partial charge in [0.2, 0.25) is 5.91 Å². The Labute approximate surface area is 166 Å². The van der Waals surface area contributed by atoms with Crippen molar-refractivity contribution in [2.75, 3.05) is 11.9 Å². The minimum absolute atomic E-state index is 0.0116. The molecule has 0 fully saturated rings. The molecule has 2 N–H and O–H groups in total. The van der Waals surface area contributed by atoms with Crippen LogP contribution in [0.5, 0.6) is 0 Å². The number of hydrogen-bond acceptors (Lipinski definition) is 4. The lowest BCUT2D eigenvalue weighted by molar-refractivity contribution is -0.116. The third-order valence-corrected chi connectivity index (χ3v) is 6.27. The van der Waals surface area contributed by atoms with Gasteiger partial charge in [0.15, 0.2) is 0 Å². The van der Waals surface area contributed by atoms with E-state index in [1.165, 1.54) is 0 Å². The molecule has 0 aromatic heterocycles. The molecule has 0 bridgehead atoms. The van der Waals surface area contributed by atoms with Crippen LogP contribution in [0.3, 0.4) is 0 Å². The zero-order valence-corrected chi connectivity index (χ0v) is 17.0. The minimum Gasteiger partial charge on any atom is -0.326 e. The number of unbranched alkanes of at least 4 members (excludes halogenated alkanes) is 2. The molecule has 3 rings (SSSR count). The number of nitrogens with one attached hydrogen (secondary N) is 2. The first-order valence-corrected chi connectivity index (χ1v) is 10.9. The van der Waals surface area contributed by atoms with Crippen LogP contribution < -0.4 is 10.0 Å². The minimum atomic E-state index is -3.48. The number of aliphatic imine (C=N–C) groups is 1. The van der Waals surface area contributed by atoms with Crippen LogP contribution in [0.25, 0.3) is 0 Å². The van der Waals surface area contributed by atoms with E-state index in [2.05, 4.69) is 15.0 Å². The predicted molar refractivity (Wildman–Crippen MR) is 111 cm³/mol. The van der Waals surface area contributed by atoms with Crippen LogP contribution in [0, 0.1) is 13.8 Å². The summed E-state index contributed by atoms with van der Waals surface area (Å²) in [5.41, 5.74) is 3.73. The van der Waals surface area contributed by atoms with Crippen LogP contribution in [0.15, 0.2) is 52.4 Å². The summed E-state index contributed by atoms with van der Waals surface area (Å²) >= 11 is 0. The Balaban J connectivity index is 1.43. The lowest BCUT2D eigenvalue weighted by Crippen LogP contribution is -2.22. The number of carbonyl (C=O) groups excluding carboxylic acids is 1. The second-order valence-electron chi connectivity index (χ2n) is 6.94. The number of sulfonamides is 1. The topological polar surface area (TPSA) is 87.6 Å². The normalized spacial score (nSPS) is 15.9. The van der Waals surface area contributed by atoms with E-state index in [9.17, 15) is 13.2 Å². The highest BCUT2D eigenvalue weighted by atomic mass is 32.2. The number of amides is 1. The van der Waals surface area contributed by atoms with Crippen molar-refractivity contribution < 1.29 is 13.2 Å². The molecule has 0 aliphatic carbocycles. The molecule has 0 unspecified atom stereocenters. The fourth-order valence-corrected chi connectivity index (χ4v) is 4.37. The van der Waals surface area contributed by atoms with Crippen molar-refractivity contribution >= 4 is 27.5 Å². The molecule has 6 nitrogen and oxygen atoms in total. The van der Waals surface area contributed by atoms with Gasteiger partial charge in [0.1, 0.15) is 5.84 Å². The second kappa shape index (κ2) is 8.56. The number of nitrogens with zero attached hydrogens (tertiary/aromatic N) is 1. The maximum atomic E-state index is 12.1. The van der Waals surface area contributed by atoms with Crippen molar-refractivity contribution in [3.05, 3.63) is 59.2 Å². The Morgan fingerprint density at radius 3 is 2.64 bits per heavy atom. The molecule has 1 aliphatic rings. The number of hydrogen-bond donors (Lipinski definition) is 2. The molecule has 0 saturated heterocycles. The number of aryl methyl sites for hydroxylation is 1. The van der Waals surface area contributed by atoms with Gasteiger partial charge in [-0.3, -0.25) is 14.5 Å². The monoisotopic (exact) mass is 399 g/mol. The summed E-state index contributed by atoms with van der Waals surface area (Å²) in [4.78, 5) is 16.8. The third-order valence-electron chi connectivity index (χ3n) is 4.87. The summed E-state index contributed by atoms with van der Waals surface area (Å²) in [5, 5.41) is 2.96. The van der Waals surface area contributed by atoms with Crippen molar-refractivity contribution in [1.29, 1.82) is 0 Å². The first-order valence-electron chi connectivity index (χ1n) is 9.41. The van der Waals surface area contributed by atoms with E-state index in [1.807, 2.05) is 32.0 Å². The summed E-state index contributed by atoms with van der Waals surface area (Å²) in [6.07, 6.45) is 2.87. The summed E-state index contributed by atoms with van der Waals surface area (Å²) in [6, 6.07) is 12.7. The molecule has 1 amide bonds. The van der Waals surface area contributed by atoms with Crippen LogP contribution >= 0.6 is 0 Å². The fourth-order valence-electron chi connectivity index (χ4n) is 3.12. The largest absolute Gasteiger partial charge is 0.326 e. The van der Waals surface area contributed by atoms with Crippen LogP contribution in [0.2, 0.25) is 0 Å². The summed E-state index contributed by atoms with van der Waals surface area (Å²) in [7, 11) is -3.48. The average molecular weight is 400 g/mol. The van der Waals surface area contributed by atoms with E-state index in [0.717, 1.165) is 36.1 Å². The Hall–Kier alpha value is -2.67. The Morgan fingerprint density at radius 1 is 1.04 bits per heavy atom. The molecule has 1 aliphatic heterocycles. The van der Waals surface area contributed by atoms with Crippen molar-refractivity contribution in [3.63, 3.8) is 0 Å². The molecule has 2 aromatic rings. The van der Waals surface area contributed by atoms with Crippen LogP contribution in [-0.2, 0) is 14.8 Å². The van der Waals surface area contributed by atoms with Crippen molar-refractivity contribution in [2.45, 2.75) is 44.4 Å². The molecular weight excluding hydrogens is 374 g/mol. The SMILES string of the molecule is Cc1cccc(NC(=O)CCCCCN=C2NS(=O)(=O)c3ccccc32)c1C. The number of anilines is 1. The highest BCUT2D eigenvalue weighted by Crippen LogP contribution is 2.22. The molecule has 0 saturated carbocycles. The first kappa shape index (κ1) is 20.1. The average Bonchev–Trinajstić information content (AvgIpc) is 2.93. The molecule has 2 aromatic carbocycles. The summed E-state index contributed by atoms with van der Waals surface area (Å²) in [6.45, 7) is 4.54. The number of carbonyl (C=O) groups is 1. The van der Waals surface area contributed by atoms with Gasteiger partial charge in [-0.1, -0.05) is 30.7 Å². The van der Waals surface area contributed by atoms with Gasteiger partial charge in [-0.2, -0.15) is 0 Å². The quantitative estimate of drug-likeness (QED) is 0.698. The third kappa shape index (κ3) is 4.59. The van der Waals surface area contributed by atoms with Gasteiger partial charge in [0.05, 0.1) is 4.90 Å². The van der Waals surface area contributed by atoms with Crippen LogP contribution in [0.1, 0.15) is 42.4 Å². The summed E-state index contributed by atoms with van der Waals surface area (Å²) in [5.74, 6) is 0.417. The highest BCUT2D eigenvalue weighted by molar-refractivity contribution is 7.90. The van der Waals surface area contributed by atoms with E-state index >= 15 is 0 Å². The molecule has 28 heavy (non-hydrogen) atoms. The molecule has 7 heteroatoms. The summed E-state index contributed by atoms with van der Waals surface area (Å²) < 4.78 is 26.6. The van der Waals surface area contributed by atoms with Crippen LogP contribution in [-0.4, -0.2) is 26.7 Å². The fraction of sp³-hybridized carbons (Fsp3) is 0.333. The Bertz CT molecular complexity index is 1010. The Morgan fingerprint density at radius 2 is 1.82 bits per heavy atom. The van der Waals surface area contributed by atoms with Gasteiger partial charge in [0.25, 0.3) is 10.0 Å². The van der Waals surface area contributed by atoms with E-state index in [1.54, 1.807) is 24.3 Å². The maximum Gasteiger partial charge on any atom is 0.263 e. The number of amidine groups is 1. The van der Waals surface area contributed by atoms with E-state index < -0.39 is 10.0 Å². The van der Waals surface area contributed by atoms with Gasteiger partial charge >= 0.3 is 0 Å². The van der Waals surface area contributed by atoms with Crippen LogP contribution in [0.4, 0.5) is 5.69 Å². The Kier molecular flexibility index (Phi) is 6.14. The van der Waals surface area contributed by atoms with Crippen molar-refractivity contribution in [1.82, 2.24) is 4.72 Å². The number of benzene rings is 2. The van der Waals surface area contributed by atoms with Crippen molar-refractivity contribution in [2.24, 2.45) is 4.99 Å². The number of rotatable bonds is 7. The number of fused-ring (bicyclic) bond motifs is 1. The van der Waals surface area contributed by atoms with Crippen molar-refractivity contribution in [3.8, 4) is 0 Å². The van der Waals surface area contributed by atoms with Gasteiger partial charge < -0.3 is 5.32 Å².